The smallest absolute Gasteiger partial charge is 0.346 e. The molecule has 0 saturated carbocycles. The zero-order valence-corrected chi connectivity index (χ0v) is 32.1. The molecule has 2 aromatic rings. The van der Waals surface area contributed by atoms with Crippen molar-refractivity contribution in [2.24, 2.45) is 24.8 Å². The minimum absolute atomic E-state index is 0.0408. The molecule has 296 valence electrons. The zero-order valence-electron chi connectivity index (χ0n) is 32.1. The summed E-state index contributed by atoms with van der Waals surface area (Å²) < 4.78 is 35.3. The number of rotatable bonds is 17. The number of benzene rings is 1. The molecule has 0 unspecified atom stereocenters. The van der Waals surface area contributed by atoms with Gasteiger partial charge in [-0.2, -0.15) is 0 Å². The van der Waals surface area contributed by atoms with Crippen molar-refractivity contribution in [1.82, 2.24) is 20.2 Å². The quantitative estimate of drug-likeness (QED) is 0.103. The Bertz CT molecular complexity index is 1700. The normalized spacial score (nSPS) is 28.4. The van der Waals surface area contributed by atoms with Crippen LogP contribution in [0.4, 0.5) is 0 Å². The molecule has 0 amide bonds. The number of aliphatic hydroxyl groups excluding tert-OH is 1. The number of methoxy groups -OCH3 is 2. The Balaban J connectivity index is 1.80. The second-order valence-corrected chi connectivity index (χ2v) is 14.3. The number of fused-ring (bicyclic) bond motifs is 2. The number of aromatic nitrogens is 4. The first kappa shape index (κ1) is 42.2. The number of ether oxygens (including phenoxy) is 6. The summed E-state index contributed by atoms with van der Waals surface area (Å²) in [6.45, 7) is 13.4. The van der Waals surface area contributed by atoms with E-state index < -0.39 is 65.3 Å². The van der Waals surface area contributed by atoms with Gasteiger partial charge in [0.05, 0.1) is 14.2 Å². The standard InChI is InChI=1S/C38H52N4O12/c1-10-22(2)20-23(3)16-17-28(44)52-31-30(45)36(19-18-24(4)29(51-26(6)43)25(5)21-27-14-12-11-13-15-27)53-32(33-39-40-41-42(33)7)37(48,34(46)49-8)38(31,54-36)35(47)50-9/h11-17,22-23,25,29-32,45,48H,4,10,18-21H2,1-3,5-9H3/b17-16+/t22-,23+,25+,29+,30+,31+,32+,36-,37+,38-/m0/s1. The van der Waals surface area contributed by atoms with Crippen LogP contribution in [-0.2, 0) is 61.1 Å². The van der Waals surface area contributed by atoms with Crippen LogP contribution in [0.25, 0.3) is 0 Å². The van der Waals surface area contributed by atoms with Crippen LogP contribution in [0.5, 0.6) is 0 Å². The van der Waals surface area contributed by atoms with Gasteiger partial charge < -0.3 is 38.6 Å². The average molecular weight is 757 g/mol. The van der Waals surface area contributed by atoms with E-state index in [-0.39, 0.29) is 30.5 Å². The summed E-state index contributed by atoms with van der Waals surface area (Å²) in [5.74, 6) is -6.91. The Morgan fingerprint density at radius 2 is 1.76 bits per heavy atom. The summed E-state index contributed by atoms with van der Waals surface area (Å²) in [7, 11) is 3.31. The highest BCUT2D eigenvalue weighted by molar-refractivity contribution is 5.95. The van der Waals surface area contributed by atoms with Crippen LogP contribution in [0.2, 0.25) is 0 Å². The molecule has 0 spiro atoms. The lowest BCUT2D eigenvalue weighted by Crippen LogP contribution is -2.74. The largest absolute Gasteiger partial charge is 0.467 e. The molecule has 2 bridgehead atoms. The Hall–Kier alpha value is -4.51. The fourth-order valence-corrected chi connectivity index (χ4v) is 7.33. The molecule has 1 aromatic heterocycles. The highest BCUT2D eigenvalue weighted by Gasteiger charge is 2.85. The number of allylic oxidation sites excluding steroid dienone is 1. The molecule has 2 saturated heterocycles. The molecular formula is C38H52N4O12. The van der Waals surface area contributed by atoms with Crippen molar-refractivity contribution >= 4 is 23.9 Å². The predicted octanol–water partition coefficient (Wildman–Crippen LogP) is 2.87. The van der Waals surface area contributed by atoms with E-state index in [4.69, 9.17) is 28.4 Å². The predicted molar refractivity (Wildman–Crippen MR) is 190 cm³/mol. The summed E-state index contributed by atoms with van der Waals surface area (Å²) in [4.78, 5) is 53.6. The van der Waals surface area contributed by atoms with Crippen LogP contribution in [0, 0.1) is 17.8 Å². The van der Waals surface area contributed by atoms with E-state index in [9.17, 15) is 29.4 Å². The highest BCUT2D eigenvalue weighted by Crippen LogP contribution is 2.60. The van der Waals surface area contributed by atoms with Gasteiger partial charge in [0.25, 0.3) is 5.60 Å². The van der Waals surface area contributed by atoms with Gasteiger partial charge in [0, 0.05) is 32.4 Å². The van der Waals surface area contributed by atoms with Crippen molar-refractivity contribution in [3.8, 4) is 0 Å². The van der Waals surface area contributed by atoms with Gasteiger partial charge in [-0.15, -0.1) is 5.10 Å². The van der Waals surface area contributed by atoms with Gasteiger partial charge in [-0.25, -0.2) is 19.1 Å². The number of nitrogens with zero attached hydrogens (tertiary/aromatic N) is 4. The molecule has 4 rings (SSSR count). The first-order valence-corrected chi connectivity index (χ1v) is 18.0. The van der Waals surface area contributed by atoms with Crippen LogP contribution in [0.1, 0.15) is 77.8 Å². The second kappa shape index (κ2) is 17.3. The number of hydrogen-bond acceptors (Lipinski definition) is 15. The van der Waals surface area contributed by atoms with Crippen molar-refractivity contribution in [3.05, 3.63) is 66.0 Å². The third-order valence-corrected chi connectivity index (χ3v) is 10.3. The molecular weight excluding hydrogens is 704 g/mol. The average Bonchev–Trinajstić information content (AvgIpc) is 3.67. The van der Waals surface area contributed by atoms with Crippen LogP contribution in [0.15, 0.2) is 54.6 Å². The topological polar surface area (TPSA) is 208 Å². The third kappa shape index (κ3) is 8.11. The zero-order chi connectivity index (χ0) is 40.0. The molecule has 54 heavy (non-hydrogen) atoms. The molecule has 0 aliphatic carbocycles. The molecule has 0 radical (unpaired) electrons. The summed E-state index contributed by atoms with van der Waals surface area (Å²) in [5, 5.41) is 36.0. The molecule has 1 aromatic carbocycles. The van der Waals surface area contributed by atoms with Crippen molar-refractivity contribution in [3.63, 3.8) is 0 Å². The van der Waals surface area contributed by atoms with Gasteiger partial charge in [-0.05, 0) is 52.7 Å². The molecule has 2 aliphatic rings. The monoisotopic (exact) mass is 756 g/mol. The van der Waals surface area contributed by atoms with E-state index in [0.29, 0.717) is 17.9 Å². The Morgan fingerprint density at radius 1 is 1.09 bits per heavy atom. The van der Waals surface area contributed by atoms with Gasteiger partial charge >= 0.3 is 23.9 Å². The number of tetrazole rings is 1. The summed E-state index contributed by atoms with van der Waals surface area (Å²) in [6, 6.07) is 9.58. The van der Waals surface area contributed by atoms with Crippen LogP contribution >= 0.6 is 0 Å². The lowest BCUT2D eigenvalue weighted by atomic mass is 9.74. The maximum absolute atomic E-state index is 14.1. The first-order chi connectivity index (χ1) is 25.5. The van der Waals surface area contributed by atoms with Crippen LogP contribution in [-0.4, -0.2) is 104 Å². The first-order valence-electron chi connectivity index (χ1n) is 18.0. The van der Waals surface area contributed by atoms with Gasteiger partial charge in [-0.3, -0.25) is 4.79 Å². The number of carbonyl (C=O) groups is 4. The van der Waals surface area contributed by atoms with Crippen molar-refractivity contribution < 1.29 is 57.8 Å². The molecule has 2 fully saturated rings. The fraction of sp³-hybridized carbons (Fsp3) is 0.605. The van der Waals surface area contributed by atoms with Crippen molar-refractivity contribution in [2.75, 3.05) is 14.2 Å². The van der Waals surface area contributed by atoms with Crippen molar-refractivity contribution in [1.29, 1.82) is 0 Å². The van der Waals surface area contributed by atoms with E-state index in [1.807, 2.05) is 44.2 Å². The fourth-order valence-electron chi connectivity index (χ4n) is 7.33. The molecule has 16 nitrogen and oxygen atoms in total. The van der Waals surface area contributed by atoms with E-state index in [2.05, 4.69) is 36.0 Å². The van der Waals surface area contributed by atoms with Gasteiger partial charge in [0.2, 0.25) is 11.4 Å². The minimum atomic E-state index is -3.21. The number of carbonyl (C=O) groups excluding carboxylic acids is 4. The highest BCUT2D eigenvalue weighted by atomic mass is 16.8. The molecule has 16 heteroatoms. The van der Waals surface area contributed by atoms with Gasteiger partial charge in [0.1, 0.15) is 12.2 Å². The Kier molecular flexibility index (Phi) is 13.5. The summed E-state index contributed by atoms with van der Waals surface area (Å²) in [6.07, 6.45) is -2.31. The van der Waals surface area contributed by atoms with Gasteiger partial charge in [-0.1, -0.05) is 77.1 Å². The van der Waals surface area contributed by atoms with E-state index in [1.165, 1.54) is 14.0 Å². The van der Waals surface area contributed by atoms with Crippen LogP contribution in [0.3, 0.4) is 0 Å². The molecule has 10 atom stereocenters. The minimum Gasteiger partial charge on any atom is -0.467 e. The lowest BCUT2D eigenvalue weighted by Gasteiger charge is -2.50. The van der Waals surface area contributed by atoms with E-state index in [0.717, 1.165) is 43.4 Å². The maximum atomic E-state index is 14.1. The summed E-state index contributed by atoms with van der Waals surface area (Å²) >= 11 is 0. The van der Waals surface area contributed by atoms with Crippen molar-refractivity contribution in [2.45, 2.75) is 108 Å². The molecule has 3 heterocycles. The summed E-state index contributed by atoms with van der Waals surface area (Å²) in [5.41, 5.74) is -4.81. The SMILES string of the molecule is C=C(CC[C@]12O[C@H](c3nnnn3C)[C@@](O)(C(=O)OC)[C@](C(=O)OC)(O1)[C@H](OC(=O)/C=C/[C@@H](C)C[C@@H](C)CC)[C@H]2O)[C@@H](OC(C)=O)[C@H](C)Cc1ccccc1. The van der Waals surface area contributed by atoms with Gasteiger partial charge in [0.15, 0.2) is 18.0 Å². The number of aryl methyl sites for hydroxylation is 1. The van der Waals surface area contributed by atoms with E-state index >= 15 is 0 Å². The maximum Gasteiger partial charge on any atom is 0.346 e. The number of aliphatic hydroxyl groups is 2. The Morgan fingerprint density at radius 3 is 2.33 bits per heavy atom. The Labute approximate surface area is 314 Å². The molecule has 2 aliphatic heterocycles. The number of esters is 4. The van der Waals surface area contributed by atoms with E-state index in [1.54, 1.807) is 6.08 Å². The molecule has 2 N–H and O–H groups in total. The van der Waals surface area contributed by atoms with Crippen LogP contribution < -0.4 is 0 Å². The number of hydrogen-bond donors (Lipinski definition) is 2. The third-order valence-electron chi connectivity index (χ3n) is 10.3. The second-order valence-electron chi connectivity index (χ2n) is 14.3. The lowest BCUT2D eigenvalue weighted by molar-refractivity contribution is -0.384.